The van der Waals surface area contributed by atoms with Crippen molar-refractivity contribution >= 4 is 91.5 Å². The molecule has 0 saturated heterocycles. The van der Waals surface area contributed by atoms with Gasteiger partial charge in [0.1, 0.15) is 0 Å². The fourth-order valence-corrected chi connectivity index (χ4v) is 9.61. The summed E-state index contributed by atoms with van der Waals surface area (Å²) in [6.07, 6.45) is 0. The van der Waals surface area contributed by atoms with E-state index >= 15 is 0 Å². The van der Waals surface area contributed by atoms with E-state index in [1.165, 1.54) is 64.5 Å². The van der Waals surface area contributed by atoms with Crippen molar-refractivity contribution in [2.75, 3.05) is 0 Å². The Hall–Kier alpha value is -6.56. The smallest absolute Gasteiger partial charge is 0.160 e. The van der Waals surface area contributed by atoms with Gasteiger partial charge in [0, 0.05) is 59.2 Å². The molecular weight excluding hydrogens is 641 g/mol. The molecule has 12 rings (SSSR count). The van der Waals surface area contributed by atoms with Crippen LogP contribution in [-0.2, 0) is 0 Å². The van der Waals surface area contributed by atoms with Gasteiger partial charge >= 0.3 is 0 Å². The Morgan fingerprint density at radius 3 is 1.94 bits per heavy atom. The van der Waals surface area contributed by atoms with E-state index in [4.69, 9.17) is 9.97 Å². The Morgan fingerprint density at radius 1 is 0.431 bits per heavy atom. The summed E-state index contributed by atoms with van der Waals surface area (Å²) in [6.45, 7) is 0. The zero-order chi connectivity index (χ0) is 33.2. The minimum absolute atomic E-state index is 0.738. The van der Waals surface area contributed by atoms with E-state index in [0.717, 1.165) is 44.1 Å². The van der Waals surface area contributed by atoms with Crippen LogP contribution in [0.2, 0.25) is 0 Å². The summed E-state index contributed by atoms with van der Waals surface area (Å²) in [6, 6.07) is 56.9. The molecule has 0 spiro atoms. The third kappa shape index (κ3) is 3.68. The number of nitrogens with zero attached hydrogens (tertiary/aromatic N) is 4. The van der Waals surface area contributed by atoms with Crippen LogP contribution in [-0.4, -0.2) is 18.9 Å². The summed E-state index contributed by atoms with van der Waals surface area (Å²) in [4.78, 5) is 10.5. The molecule has 5 heteroatoms. The van der Waals surface area contributed by atoms with E-state index in [1.54, 1.807) is 11.3 Å². The summed E-state index contributed by atoms with van der Waals surface area (Å²) >= 11 is 1.77. The van der Waals surface area contributed by atoms with Gasteiger partial charge in [0.2, 0.25) is 0 Å². The van der Waals surface area contributed by atoms with Crippen LogP contribution in [0.3, 0.4) is 0 Å². The predicted octanol–water partition coefficient (Wildman–Crippen LogP) is 12.4. The number of rotatable bonds is 3. The average Bonchev–Trinajstić information content (AvgIpc) is 3.93. The van der Waals surface area contributed by atoms with Crippen LogP contribution in [0.25, 0.3) is 109 Å². The number of fused-ring (bicyclic) bond motifs is 12. The first-order valence-corrected chi connectivity index (χ1v) is 18.1. The number of hydrogen-bond acceptors (Lipinski definition) is 3. The molecule has 0 aliphatic rings. The van der Waals surface area contributed by atoms with Gasteiger partial charge in [-0.25, -0.2) is 9.97 Å². The molecule has 0 amide bonds. The van der Waals surface area contributed by atoms with E-state index in [9.17, 15) is 0 Å². The zero-order valence-electron chi connectivity index (χ0n) is 27.2. The zero-order valence-corrected chi connectivity index (χ0v) is 28.0. The second-order valence-electron chi connectivity index (χ2n) is 13.4. The molecule has 0 atom stereocenters. The normalized spacial score (nSPS) is 12.3. The third-order valence-corrected chi connectivity index (χ3v) is 11.8. The van der Waals surface area contributed by atoms with Crippen molar-refractivity contribution in [2.45, 2.75) is 0 Å². The van der Waals surface area contributed by atoms with Crippen LogP contribution < -0.4 is 0 Å². The first kappa shape index (κ1) is 27.3. The standard InChI is InChI=1S/C46H26N4S/c1-2-11-27(12-3-1)42-45-43(35-15-6-9-20-41(35)51-45)48-46(47-42)28-21-24-39-36(25-28)31-14-5-7-18-37(31)49(39)29-22-23-32-34-17-10-16-33-30-13-4-8-19-38(30)50(44(33)34)40(32)26-29/h1-26H. The van der Waals surface area contributed by atoms with Gasteiger partial charge in [0.15, 0.2) is 5.82 Å². The molecule has 12 aromatic rings. The van der Waals surface area contributed by atoms with Gasteiger partial charge in [-0.05, 0) is 48.5 Å². The van der Waals surface area contributed by atoms with Gasteiger partial charge in [-0.1, -0.05) is 109 Å². The lowest BCUT2D eigenvalue weighted by atomic mass is 10.1. The van der Waals surface area contributed by atoms with E-state index in [-0.39, 0.29) is 0 Å². The molecule has 236 valence electrons. The monoisotopic (exact) mass is 666 g/mol. The van der Waals surface area contributed by atoms with Gasteiger partial charge in [-0.15, -0.1) is 11.3 Å². The highest BCUT2D eigenvalue weighted by atomic mass is 32.1. The fourth-order valence-electron chi connectivity index (χ4n) is 8.46. The van der Waals surface area contributed by atoms with Gasteiger partial charge in [0.05, 0.1) is 43.5 Å². The van der Waals surface area contributed by atoms with Crippen molar-refractivity contribution in [3.63, 3.8) is 0 Å². The Kier molecular flexibility index (Phi) is 5.35. The van der Waals surface area contributed by atoms with Crippen molar-refractivity contribution in [2.24, 2.45) is 0 Å². The quantitative estimate of drug-likeness (QED) is 0.188. The molecule has 0 saturated carbocycles. The molecule has 51 heavy (non-hydrogen) atoms. The van der Waals surface area contributed by atoms with Crippen molar-refractivity contribution in [3.8, 4) is 28.3 Å². The first-order valence-electron chi connectivity index (χ1n) is 17.3. The lowest BCUT2D eigenvalue weighted by Gasteiger charge is -2.10. The average molecular weight is 667 g/mol. The lowest BCUT2D eigenvalue weighted by molar-refractivity contribution is 1.18. The Labute approximate surface area is 295 Å². The van der Waals surface area contributed by atoms with Crippen molar-refractivity contribution < 1.29 is 0 Å². The van der Waals surface area contributed by atoms with Gasteiger partial charge in [-0.2, -0.15) is 0 Å². The van der Waals surface area contributed by atoms with Crippen LogP contribution in [0.4, 0.5) is 0 Å². The second-order valence-corrected chi connectivity index (χ2v) is 14.4. The largest absolute Gasteiger partial charge is 0.309 e. The minimum atomic E-state index is 0.738. The molecule has 0 N–H and O–H groups in total. The van der Waals surface area contributed by atoms with Crippen LogP contribution in [0.15, 0.2) is 158 Å². The Morgan fingerprint density at radius 2 is 1.10 bits per heavy atom. The maximum atomic E-state index is 5.28. The fraction of sp³-hybridized carbons (Fsp3) is 0. The number of benzene rings is 7. The molecule has 0 bridgehead atoms. The van der Waals surface area contributed by atoms with E-state index in [2.05, 4.69) is 167 Å². The highest BCUT2D eigenvalue weighted by Crippen LogP contribution is 2.42. The molecule has 5 heterocycles. The second kappa shape index (κ2) is 10.0. The molecule has 0 aliphatic carbocycles. The van der Waals surface area contributed by atoms with Crippen LogP contribution in [0.5, 0.6) is 0 Å². The van der Waals surface area contributed by atoms with Crippen molar-refractivity contribution in [1.82, 2.24) is 18.9 Å². The maximum Gasteiger partial charge on any atom is 0.160 e. The molecule has 5 aromatic heterocycles. The highest BCUT2D eigenvalue weighted by molar-refractivity contribution is 7.26. The summed E-state index contributed by atoms with van der Waals surface area (Å²) in [5.74, 6) is 0.738. The van der Waals surface area contributed by atoms with Crippen molar-refractivity contribution in [1.29, 1.82) is 0 Å². The number of thiophene rings is 1. The van der Waals surface area contributed by atoms with E-state index < -0.39 is 0 Å². The highest BCUT2D eigenvalue weighted by Gasteiger charge is 2.21. The van der Waals surface area contributed by atoms with Crippen LogP contribution in [0, 0.1) is 0 Å². The first-order chi connectivity index (χ1) is 25.3. The van der Waals surface area contributed by atoms with Gasteiger partial charge in [0.25, 0.3) is 0 Å². The molecule has 4 nitrogen and oxygen atoms in total. The number of hydrogen-bond donors (Lipinski definition) is 0. The van der Waals surface area contributed by atoms with Gasteiger partial charge in [-0.3, -0.25) is 0 Å². The molecule has 7 aromatic carbocycles. The van der Waals surface area contributed by atoms with E-state index in [1.807, 2.05) is 0 Å². The van der Waals surface area contributed by atoms with Gasteiger partial charge < -0.3 is 8.97 Å². The van der Waals surface area contributed by atoms with Crippen LogP contribution in [0.1, 0.15) is 0 Å². The summed E-state index contributed by atoms with van der Waals surface area (Å²) in [7, 11) is 0. The molecule has 0 unspecified atom stereocenters. The Balaban J connectivity index is 1.11. The molecule has 0 aliphatic heterocycles. The third-order valence-electron chi connectivity index (χ3n) is 10.7. The maximum absolute atomic E-state index is 5.28. The van der Waals surface area contributed by atoms with Crippen LogP contribution >= 0.6 is 11.3 Å². The summed E-state index contributed by atoms with van der Waals surface area (Å²) < 4.78 is 7.21. The topological polar surface area (TPSA) is 35.1 Å². The number of aromatic nitrogens is 4. The number of para-hydroxylation sites is 3. The molecule has 0 radical (unpaired) electrons. The van der Waals surface area contributed by atoms with Crippen molar-refractivity contribution in [3.05, 3.63) is 158 Å². The lowest BCUT2D eigenvalue weighted by Crippen LogP contribution is -1.95. The predicted molar refractivity (Wildman–Crippen MR) is 215 cm³/mol. The van der Waals surface area contributed by atoms with E-state index in [0.29, 0.717) is 0 Å². The minimum Gasteiger partial charge on any atom is -0.309 e. The SMILES string of the molecule is c1ccc(-c2nc(-c3ccc4c(c3)c3ccccc3n4-c3ccc4c5cccc6c7ccccc7n(c4c3)c65)nc3c2sc2ccccc23)cc1. The summed E-state index contributed by atoms with van der Waals surface area (Å²) in [5, 5.41) is 8.72. The summed E-state index contributed by atoms with van der Waals surface area (Å²) in [5.41, 5.74) is 11.3. The Bertz CT molecular complexity index is 3370. The molecular formula is C46H26N4S. The molecule has 0 fully saturated rings.